The van der Waals surface area contributed by atoms with Crippen LogP contribution in [0.4, 0.5) is 10.6 Å². The van der Waals surface area contributed by atoms with Crippen molar-refractivity contribution in [3.05, 3.63) is 72.1 Å². The Morgan fingerprint density at radius 1 is 1.00 bits per heavy atom. The summed E-state index contributed by atoms with van der Waals surface area (Å²) in [5.41, 5.74) is 2.11. The molecule has 1 aliphatic rings. The topological polar surface area (TPSA) is 107 Å². The Morgan fingerprint density at radius 2 is 1.80 bits per heavy atom. The maximum atomic E-state index is 13.6. The predicted octanol–water partition coefficient (Wildman–Crippen LogP) is 5.39. The number of hydrogen-bond acceptors (Lipinski definition) is 7. The molecule has 0 N–H and O–H groups in total. The first-order valence-corrected chi connectivity index (χ1v) is 15.3. The van der Waals surface area contributed by atoms with Crippen molar-refractivity contribution in [3.8, 4) is 11.6 Å². The van der Waals surface area contributed by atoms with E-state index in [4.69, 9.17) is 9.47 Å². The fraction of sp³-hybridized carbons (Fsp3) is 0.367. The molecule has 10 nitrogen and oxygen atoms in total. The molecule has 2 amide bonds. The molecule has 216 valence electrons. The highest BCUT2D eigenvalue weighted by atomic mass is 32.2. The van der Waals surface area contributed by atoms with Crippen LogP contribution in [0.2, 0.25) is 0 Å². The third-order valence-electron chi connectivity index (χ3n) is 7.19. The van der Waals surface area contributed by atoms with Crippen molar-refractivity contribution < 1.29 is 22.7 Å². The van der Waals surface area contributed by atoms with Crippen molar-refractivity contribution in [2.75, 3.05) is 31.7 Å². The molecule has 1 aromatic carbocycles. The van der Waals surface area contributed by atoms with Gasteiger partial charge in [-0.1, -0.05) is 37.5 Å². The fourth-order valence-electron chi connectivity index (χ4n) is 4.92. The van der Waals surface area contributed by atoms with E-state index in [2.05, 4.69) is 16.9 Å². The van der Waals surface area contributed by atoms with Gasteiger partial charge < -0.3 is 14.4 Å². The molecule has 4 aromatic rings. The maximum Gasteiger partial charge on any atom is 0.325 e. The maximum absolute atomic E-state index is 13.6. The lowest BCUT2D eigenvalue weighted by Crippen LogP contribution is -2.49. The Kier molecular flexibility index (Phi) is 8.44. The highest BCUT2D eigenvalue weighted by molar-refractivity contribution is 7.90. The first-order valence-electron chi connectivity index (χ1n) is 13.8. The number of benzene rings is 1. The molecular weight excluding hydrogens is 542 g/mol. The number of fused-ring (bicyclic) bond motifs is 1. The van der Waals surface area contributed by atoms with Gasteiger partial charge in [0.15, 0.2) is 11.4 Å². The van der Waals surface area contributed by atoms with Crippen LogP contribution in [0.3, 0.4) is 0 Å². The Hall–Kier alpha value is -4.12. The van der Waals surface area contributed by atoms with Gasteiger partial charge >= 0.3 is 6.03 Å². The van der Waals surface area contributed by atoms with Gasteiger partial charge in [-0.25, -0.2) is 22.2 Å². The van der Waals surface area contributed by atoms with E-state index in [-0.39, 0.29) is 10.9 Å². The highest BCUT2D eigenvalue weighted by Crippen LogP contribution is 2.30. The van der Waals surface area contributed by atoms with Crippen molar-refractivity contribution in [1.82, 2.24) is 18.8 Å². The monoisotopic (exact) mass is 577 g/mol. The lowest BCUT2D eigenvalue weighted by atomic mass is 10.1. The molecule has 1 saturated heterocycles. The first kappa shape index (κ1) is 28.4. The van der Waals surface area contributed by atoms with Crippen molar-refractivity contribution >= 4 is 32.9 Å². The predicted molar refractivity (Wildman–Crippen MR) is 157 cm³/mol. The van der Waals surface area contributed by atoms with Crippen molar-refractivity contribution in [3.63, 3.8) is 0 Å². The van der Waals surface area contributed by atoms with Gasteiger partial charge in [-0.2, -0.15) is 4.98 Å². The number of methoxy groups -OCH3 is 1. The number of ether oxygens (including phenoxy) is 2. The molecule has 3 aromatic heterocycles. The van der Waals surface area contributed by atoms with Crippen LogP contribution in [0.5, 0.6) is 11.6 Å². The first-order chi connectivity index (χ1) is 19.8. The molecule has 0 spiro atoms. The number of aromatic nitrogens is 3. The van der Waals surface area contributed by atoms with Crippen LogP contribution >= 0.6 is 0 Å². The number of pyridine rings is 2. The summed E-state index contributed by atoms with van der Waals surface area (Å²) in [4.78, 5) is 26.2. The molecule has 5 rings (SSSR count). The summed E-state index contributed by atoms with van der Waals surface area (Å²) < 4.78 is 39.2. The summed E-state index contributed by atoms with van der Waals surface area (Å²) >= 11 is 0. The molecule has 0 radical (unpaired) electrons. The van der Waals surface area contributed by atoms with Crippen molar-refractivity contribution in [2.24, 2.45) is 0 Å². The SMILES string of the molecule is CCCCCOc1nc(N2CCCN(Cc3ccnc4c3ccn4S(=O)(=O)c3ccc(C)cc3)C2=O)ccc1OC. The minimum absolute atomic E-state index is 0.178. The van der Waals surface area contributed by atoms with Crippen LogP contribution < -0.4 is 14.4 Å². The second-order valence-corrected chi connectivity index (χ2v) is 11.9. The third-order valence-corrected chi connectivity index (χ3v) is 8.87. The Labute approximate surface area is 240 Å². The van der Waals surface area contributed by atoms with Gasteiger partial charge in [0, 0.05) is 37.4 Å². The van der Waals surface area contributed by atoms with Gasteiger partial charge in [0.2, 0.25) is 0 Å². The number of hydrogen-bond donors (Lipinski definition) is 0. The minimum Gasteiger partial charge on any atom is -0.491 e. The molecule has 1 aliphatic heterocycles. The third kappa shape index (κ3) is 5.85. The number of carbonyl (C=O) groups excluding carboxylic acids is 1. The average Bonchev–Trinajstić information content (AvgIpc) is 3.43. The normalized spacial score (nSPS) is 14.1. The highest BCUT2D eigenvalue weighted by Gasteiger charge is 2.29. The smallest absolute Gasteiger partial charge is 0.325 e. The average molecular weight is 578 g/mol. The van der Waals surface area contributed by atoms with E-state index in [0.29, 0.717) is 54.7 Å². The van der Waals surface area contributed by atoms with E-state index in [1.54, 1.807) is 65.6 Å². The molecular formula is C30H35N5O5S. The molecule has 0 aliphatic carbocycles. The summed E-state index contributed by atoms with van der Waals surface area (Å²) in [6.45, 7) is 5.97. The van der Waals surface area contributed by atoms with Crippen LogP contribution in [0.1, 0.15) is 43.7 Å². The summed E-state index contributed by atoms with van der Waals surface area (Å²) in [7, 11) is -2.26. The van der Waals surface area contributed by atoms with Gasteiger partial charge in [0.1, 0.15) is 5.82 Å². The number of nitrogens with zero attached hydrogens (tertiary/aromatic N) is 5. The van der Waals surface area contributed by atoms with E-state index in [9.17, 15) is 13.2 Å². The number of rotatable bonds is 11. The standard InChI is InChI=1S/C30H35N5O5S/c1-4-5-6-20-40-29-26(39-3)12-13-27(32-29)34-18-7-17-33(30(34)36)21-23-14-16-31-28-25(23)15-19-35(28)41(37,38)24-10-8-22(2)9-11-24/h8-16,19H,4-7,17-18,20-21H2,1-3H3. The summed E-state index contributed by atoms with van der Waals surface area (Å²) in [6.07, 6.45) is 6.91. The van der Waals surface area contributed by atoms with Gasteiger partial charge in [0.25, 0.3) is 15.9 Å². The molecule has 11 heteroatoms. The molecule has 0 bridgehead atoms. The van der Waals surface area contributed by atoms with Crippen LogP contribution in [-0.2, 0) is 16.6 Å². The van der Waals surface area contributed by atoms with Gasteiger partial charge in [0.05, 0.1) is 18.6 Å². The number of carbonyl (C=O) groups is 1. The summed E-state index contributed by atoms with van der Waals surface area (Å²) in [6, 6.07) is 13.6. The zero-order chi connectivity index (χ0) is 29.0. The zero-order valence-electron chi connectivity index (χ0n) is 23.6. The van der Waals surface area contributed by atoms with E-state index in [0.717, 1.165) is 36.8 Å². The van der Waals surface area contributed by atoms with Crippen molar-refractivity contribution in [2.45, 2.75) is 51.0 Å². The van der Waals surface area contributed by atoms with Gasteiger partial charge in [-0.3, -0.25) is 4.90 Å². The van der Waals surface area contributed by atoms with E-state index < -0.39 is 10.0 Å². The lowest BCUT2D eigenvalue weighted by Gasteiger charge is -2.35. The molecule has 0 unspecified atom stereocenters. The minimum atomic E-state index is -3.83. The molecule has 0 saturated carbocycles. The lowest BCUT2D eigenvalue weighted by molar-refractivity contribution is 0.192. The molecule has 4 heterocycles. The van der Waals surface area contributed by atoms with Crippen LogP contribution in [0.25, 0.3) is 11.0 Å². The number of urea groups is 1. The zero-order valence-corrected chi connectivity index (χ0v) is 24.4. The van der Waals surface area contributed by atoms with Crippen molar-refractivity contribution in [1.29, 1.82) is 0 Å². The van der Waals surface area contributed by atoms with Crippen LogP contribution in [0.15, 0.2) is 65.8 Å². The van der Waals surface area contributed by atoms with Gasteiger partial charge in [-0.05, 0) is 61.7 Å². The largest absolute Gasteiger partial charge is 0.491 e. The number of amides is 2. The quantitative estimate of drug-likeness (QED) is 0.220. The number of aryl methyl sites for hydroxylation is 1. The Balaban J connectivity index is 1.38. The van der Waals surface area contributed by atoms with Gasteiger partial charge in [-0.15, -0.1) is 0 Å². The fourth-order valence-corrected chi connectivity index (χ4v) is 6.22. The van der Waals surface area contributed by atoms with E-state index in [1.807, 2.05) is 13.0 Å². The molecule has 0 atom stereocenters. The second-order valence-electron chi connectivity index (χ2n) is 10.1. The van der Waals surface area contributed by atoms with E-state index >= 15 is 0 Å². The molecule has 1 fully saturated rings. The molecule has 41 heavy (non-hydrogen) atoms. The second kappa shape index (κ2) is 12.2. The Bertz CT molecular complexity index is 1640. The van der Waals surface area contributed by atoms with E-state index in [1.165, 1.54) is 10.2 Å². The van der Waals surface area contributed by atoms with Crippen LogP contribution in [-0.4, -0.2) is 60.1 Å². The number of anilines is 1. The van der Waals surface area contributed by atoms with Crippen LogP contribution in [0, 0.1) is 6.92 Å². The summed E-state index contributed by atoms with van der Waals surface area (Å²) in [5.74, 6) is 1.40. The number of unbranched alkanes of at least 4 members (excludes halogenated alkanes) is 2. The summed E-state index contributed by atoms with van der Waals surface area (Å²) in [5, 5.41) is 0.679. The Morgan fingerprint density at radius 3 is 2.56 bits per heavy atom.